The van der Waals surface area contributed by atoms with Gasteiger partial charge >= 0.3 is 6.18 Å². The van der Waals surface area contributed by atoms with Gasteiger partial charge in [0, 0.05) is 13.1 Å². The molecule has 0 aromatic heterocycles. The first-order valence-corrected chi connectivity index (χ1v) is 15.6. The molecule has 0 spiro atoms. The van der Waals surface area contributed by atoms with Crippen LogP contribution in [0.4, 0.5) is 18.9 Å². The van der Waals surface area contributed by atoms with Crippen molar-refractivity contribution in [1.82, 2.24) is 10.2 Å². The molecule has 1 atom stereocenters. The van der Waals surface area contributed by atoms with Gasteiger partial charge in [-0.25, -0.2) is 8.42 Å². The molecule has 0 radical (unpaired) electrons. The molecule has 0 aliphatic rings. The van der Waals surface area contributed by atoms with Crippen LogP contribution in [0.2, 0.25) is 5.02 Å². The number of alkyl halides is 3. The van der Waals surface area contributed by atoms with Crippen molar-refractivity contribution in [3.05, 3.63) is 94.0 Å². The van der Waals surface area contributed by atoms with Gasteiger partial charge in [0.05, 0.1) is 21.2 Å². The Labute approximate surface area is 255 Å². The SMILES string of the molecule is CCCNC(=O)[C@@H](CC)N(Cc1cccc(C)c1)C(=O)CN(c1ccc(Cl)c(C(F)(F)F)c1)S(=O)(=O)c1ccc(C)cc1. The Balaban J connectivity index is 2.15. The Bertz CT molecular complexity index is 1550. The Hall–Kier alpha value is -3.57. The molecule has 0 bridgehead atoms. The topological polar surface area (TPSA) is 86.8 Å². The molecule has 7 nitrogen and oxygen atoms in total. The van der Waals surface area contributed by atoms with Crippen LogP contribution in [0.1, 0.15) is 48.9 Å². The lowest BCUT2D eigenvalue weighted by Crippen LogP contribution is -2.52. The monoisotopic (exact) mass is 637 g/mol. The molecule has 0 heterocycles. The van der Waals surface area contributed by atoms with Crippen molar-refractivity contribution in [2.45, 2.75) is 64.2 Å². The summed E-state index contributed by atoms with van der Waals surface area (Å²) >= 11 is 5.82. The van der Waals surface area contributed by atoms with Gasteiger partial charge in [-0.1, -0.05) is 73.0 Å². The second kappa shape index (κ2) is 14.3. The largest absolute Gasteiger partial charge is 0.417 e. The molecule has 3 rings (SSSR count). The van der Waals surface area contributed by atoms with Gasteiger partial charge in [0.2, 0.25) is 11.8 Å². The summed E-state index contributed by atoms with van der Waals surface area (Å²) < 4.78 is 69.9. The van der Waals surface area contributed by atoms with Gasteiger partial charge in [-0.2, -0.15) is 13.2 Å². The normalized spacial score (nSPS) is 12.5. The fraction of sp³-hybridized carbons (Fsp3) is 0.355. The van der Waals surface area contributed by atoms with E-state index in [1.54, 1.807) is 38.1 Å². The predicted octanol–water partition coefficient (Wildman–Crippen LogP) is 6.50. The third kappa shape index (κ3) is 8.51. The molecule has 43 heavy (non-hydrogen) atoms. The molecular weight excluding hydrogens is 603 g/mol. The van der Waals surface area contributed by atoms with Gasteiger partial charge in [-0.05, 0) is 62.6 Å². The second-order valence-corrected chi connectivity index (χ2v) is 12.5. The van der Waals surface area contributed by atoms with Crippen LogP contribution in [0.5, 0.6) is 0 Å². The fourth-order valence-corrected chi connectivity index (χ4v) is 6.18. The molecule has 1 N–H and O–H groups in total. The summed E-state index contributed by atoms with van der Waals surface area (Å²) in [7, 11) is -4.55. The Morgan fingerprint density at radius 2 is 1.63 bits per heavy atom. The lowest BCUT2D eigenvalue weighted by Gasteiger charge is -2.33. The molecule has 0 saturated heterocycles. The van der Waals surface area contributed by atoms with Crippen molar-refractivity contribution in [3.8, 4) is 0 Å². The molecule has 3 aromatic rings. The molecule has 2 amide bonds. The second-order valence-electron chi connectivity index (χ2n) is 10.2. The summed E-state index contributed by atoms with van der Waals surface area (Å²) in [6, 6.07) is 14.7. The highest BCUT2D eigenvalue weighted by Crippen LogP contribution is 2.38. The molecule has 0 saturated carbocycles. The van der Waals surface area contributed by atoms with E-state index in [2.05, 4.69) is 5.32 Å². The average molecular weight is 638 g/mol. The summed E-state index contributed by atoms with van der Waals surface area (Å²) in [6.45, 7) is 6.72. The maximum absolute atomic E-state index is 14.1. The summed E-state index contributed by atoms with van der Waals surface area (Å²) in [6.07, 6.45) is -4.00. The van der Waals surface area contributed by atoms with Gasteiger partial charge in [-0.15, -0.1) is 0 Å². The minimum atomic E-state index is -4.88. The summed E-state index contributed by atoms with van der Waals surface area (Å²) in [5.41, 5.74) is 0.738. The van der Waals surface area contributed by atoms with Crippen molar-refractivity contribution in [1.29, 1.82) is 0 Å². The van der Waals surface area contributed by atoms with Crippen LogP contribution in [-0.4, -0.2) is 44.3 Å². The molecular formula is C31H35ClF3N3O4S. The number of halogens is 4. The Kier molecular flexibility index (Phi) is 11.3. The Morgan fingerprint density at radius 3 is 2.21 bits per heavy atom. The first-order chi connectivity index (χ1) is 20.2. The first-order valence-electron chi connectivity index (χ1n) is 13.8. The van der Waals surface area contributed by atoms with Gasteiger partial charge in [0.1, 0.15) is 12.6 Å². The standard InChI is InChI=1S/C31H35ClF3N3O4S/c1-5-16-36-30(40)28(6-2)37(19-23-9-7-8-22(4)17-23)29(39)20-38(43(41,42)25-13-10-21(3)11-14-25)24-12-15-27(32)26(18-24)31(33,34)35/h7-15,17-18,28H,5-6,16,19-20H2,1-4H3,(H,36,40)/t28-/m1/s1. The number of nitrogens with one attached hydrogen (secondary N) is 1. The quantitative estimate of drug-likeness (QED) is 0.246. The summed E-state index contributed by atoms with van der Waals surface area (Å²) in [4.78, 5) is 28.3. The van der Waals surface area contributed by atoms with E-state index in [0.29, 0.717) is 28.9 Å². The summed E-state index contributed by atoms with van der Waals surface area (Å²) in [5.74, 6) is -1.18. The van der Waals surface area contributed by atoms with E-state index in [4.69, 9.17) is 11.6 Å². The highest BCUT2D eigenvalue weighted by atomic mass is 35.5. The highest BCUT2D eigenvalue weighted by molar-refractivity contribution is 7.92. The van der Waals surface area contributed by atoms with Gasteiger partial charge in [0.15, 0.2) is 0 Å². The van der Waals surface area contributed by atoms with Crippen LogP contribution in [0, 0.1) is 13.8 Å². The third-order valence-electron chi connectivity index (χ3n) is 6.80. The highest BCUT2D eigenvalue weighted by Gasteiger charge is 2.37. The van der Waals surface area contributed by atoms with Crippen LogP contribution in [0.3, 0.4) is 0 Å². The number of amides is 2. The number of anilines is 1. The maximum atomic E-state index is 14.1. The zero-order valence-corrected chi connectivity index (χ0v) is 26.0. The van der Waals surface area contributed by atoms with Gasteiger partial charge < -0.3 is 10.2 Å². The molecule has 0 aliphatic heterocycles. The smallest absolute Gasteiger partial charge is 0.354 e. The maximum Gasteiger partial charge on any atom is 0.417 e. The predicted molar refractivity (Wildman–Crippen MR) is 161 cm³/mol. The van der Waals surface area contributed by atoms with Gasteiger partial charge in [-0.3, -0.25) is 13.9 Å². The van der Waals surface area contributed by atoms with Crippen molar-refractivity contribution < 1.29 is 31.2 Å². The number of benzene rings is 3. The number of carbonyl (C=O) groups excluding carboxylic acids is 2. The molecule has 12 heteroatoms. The van der Waals surface area contributed by atoms with Crippen molar-refractivity contribution in [3.63, 3.8) is 0 Å². The van der Waals surface area contributed by atoms with E-state index in [0.717, 1.165) is 23.3 Å². The van der Waals surface area contributed by atoms with Gasteiger partial charge in [0.25, 0.3) is 10.0 Å². The lowest BCUT2D eigenvalue weighted by atomic mass is 10.1. The molecule has 0 fully saturated rings. The molecule has 3 aromatic carbocycles. The first kappa shape index (κ1) is 33.9. The number of carbonyl (C=O) groups is 2. The number of rotatable bonds is 12. The molecule has 0 unspecified atom stereocenters. The number of aryl methyl sites for hydroxylation is 2. The van der Waals surface area contributed by atoms with Crippen LogP contribution >= 0.6 is 11.6 Å². The number of hydrogen-bond donors (Lipinski definition) is 1. The van der Waals surface area contributed by atoms with E-state index in [9.17, 15) is 31.2 Å². The minimum Gasteiger partial charge on any atom is -0.354 e. The van der Waals surface area contributed by atoms with E-state index in [-0.39, 0.29) is 17.9 Å². The van der Waals surface area contributed by atoms with E-state index in [1.807, 2.05) is 26.0 Å². The zero-order valence-electron chi connectivity index (χ0n) is 24.4. The fourth-order valence-electron chi connectivity index (χ4n) is 4.54. The van der Waals surface area contributed by atoms with Crippen molar-refractivity contribution >= 4 is 39.1 Å². The summed E-state index contributed by atoms with van der Waals surface area (Å²) in [5, 5.41) is 2.17. The van der Waals surface area contributed by atoms with Crippen molar-refractivity contribution in [2.75, 3.05) is 17.4 Å². The van der Waals surface area contributed by atoms with Crippen LogP contribution in [-0.2, 0) is 32.3 Å². The number of sulfonamides is 1. The van der Waals surface area contributed by atoms with Crippen molar-refractivity contribution in [2.24, 2.45) is 0 Å². The lowest BCUT2D eigenvalue weighted by molar-refractivity contribution is -0.140. The van der Waals surface area contributed by atoms with Crippen LogP contribution in [0.15, 0.2) is 71.6 Å². The molecule has 0 aliphatic carbocycles. The number of hydrogen-bond acceptors (Lipinski definition) is 4. The van der Waals surface area contributed by atoms with E-state index < -0.39 is 56.9 Å². The Morgan fingerprint density at radius 1 is 0.953 bits per heavy atom. The zero-order chi connectivity index (χ0) is 31.9. The van der Waals surface area contributed by atoms with E-state index in [1.165, 1.54) is 17.0 Å². The molecule has 232 valence electrons. The van der Waals surface area contributed by atoms with E-state index >= 15 is 0 Å². The minimum absolute atomic E-state index is 0.0224. The third-order valence-corrected chi connectivity index (χ3v) is 8.92. The number of nitrogens with zero attached hydrogens (tertiary/aromatic N) is 2. The van der Waals surface area contributed by atoms with Crippen LogP contribution < -0.4 is 9.62 Å². The average Bonchev–Trinajstić information content (AvgIpc) is 2.94. The van der Waals surface area contributed by atoms with Crippen LogP contribution in [0.25, 0.3) is 0 Å².